The van der Waals surface area contributed by atoms with E-state index in [4.69, 9.17) is 4.65 Å². The van der Waals surface area contributed by atoms with Gasteiger partial charge in [0.2, 0.25) is 0 Å². The molecule has 0 bridgehead atoms. The maximum Gasteiger partial charge on any atom is 0.502 e. The van der Waals surface area contributed by atoms with Crippen LogP contribution in [0.15, 0.2) is 12.1 Å². The predicted octanol–water partition coefficient (Wildman–Crippen LogP) is 2.24. The summed E-state index contributed by atoms with van der Waals surface area (Å²) in [6.45, 7) is 11.4. The first-order chi connectivity index (χ1) is 10.1. The number of thiophene rings is 1. The van der Waals surface area contributed by atoms with Gasteiger partial charge in [0.25, 0.3) is 0 Å². The van der Waals surface area contributed by atoms with Gasteiger partial charge < -0.3 is 19.7 Å². The third kappa shape index (κ3) is 4.04. The Morgan fingerprint density at radius 3 is 2.36 bits per heavy atom. The predicted molar refractivity (Wildman–Crippen MR) is 94.0 cm³/mol. The highest BCUT2D eigenvalue weighted by atomic mass is 32.1. The first-order valence-corrected chi connectivity index (χ1v) is 8.85. The Morgan fingerprint density at radius 2 is 1.82 bits per heavy atom. The highest BCUT2D eigenvalue weighted by Gasteiger charge is 2.40. The van der Waals surface area contributed by atoms with Crippen LogP contribution < -0.4 is 9.68 Å². The highest BCUT2D eigenvalue weighted by Crippen LogP contribution is 2.28. The molecule has 0 radical (unpaired) electrons. The summed E-state index contributed by atoms with van der Waals surface area (Å²) < 4.78 is 6.49. The number of anilines is 1. The molecule has 0 amide bonds. The number of aliphatic hydroxyl groups is 1. The van der Waals surface area contributed by atoms with E-state index in [1.165, 1.54) is 17.8 Å². The lowest BCUT2D eigenvalue weighted by atomic mass is 9.82. The Balaban J connectivity index is 2.02. The number of piperidine rings is 1. The van der Waals surface area contributed by atoms with Crippen LogP contribution in [0.1, 0.15) is 47.5 Å². The Labute approximate surface area is 138 Å². The first-order valence-electron chi connectivity index (χ1n) is 8.03. The summed E-state index contributed by atoms with van der Waals surface area (Å²) in [6, 6.07) is 3.98. The van der Waals surface area contributed by atoms with E-state index in [-0.39, 0.29) is 0 Å². The van der Waals surface area contributed by atoms with Crippen molar-refractivity contribution in [1.82, 2.24) is 0 Å². The lowest BCUT2D eigenvalue weighted by Crippen LogP contribution is -2.52. The number of rotatable bonds is 5. The number of hydrogen-bond donors (Lipinski definition) is 2. The molecule has 0 unspecified atom stereocenters. The van der Waals surface area contributed by atoms with E-state index < -0.39 is 18.3 Å². The van der Waals surface area contributed by atoms with Crippen LogP contribution in [0.4, 0.5) is 5.00 Å². The quantitative estimate of drug-likeness (QED) is 0.815. The van der Waals surface area contributed by atoms with Crippen LogP contribution >= 0.6 is 11.3 Å². The molecule has 1 fully saturated rings. The smallest absolute Gasteiger partial charge is 0.423 e. The van der Waals surface area contributed by atoms with Gasteiger partial charge in [0.05, 0.1) is 16.2 Å². The summed E-state index contributed by atoms with van der Waals surface area (Å²) in [4.78, 5) is 2.38. The monoisotopic (exact) mass is 325 g/mol. The van der Waals surface area contributed by atoms with Crippen LogP contribution in [0.5, 0.6) is 0 Å². The summed E-state index contributed by atoms with van der Waals surface area (Å²) in [5, 5.41) is 21.7. The molecule has 0 atom stereocenters. The minimum Gasteiger partial charge on any atom is -0.423 e. The van der Waals surface area contributed by atoms with E-state index in [1.54, 1.807) is 39.0 Å². The first kappa shape index (κ1) is 17.8. The molecule has 0 spiro atoms. The highest BCUT2D eigenvalue weighted by molar-refractivity contribution is 7.25. The van der Waals surface area contributed by atoms with Crippen molar-refractivity contribution in [3.8, 4) is 0 Å². The van der Waals surface area contributed by atoms with Crippen LogP contribution in [-0.2, 0) is 4.65 Å². The summed E-state index contributed by atoms with van der Waals surface area (Å²) in [5.41, 5.74) is -1.87. The second-order valence-corrected chi connectivity index (χ2v) is 8.48. The van der Waals surface area contributed by atoms with Gasteiger partial charge in [0.1, 0.15) is 0 Å². The summed E-state index contributed by atoms with van der Waals surface area (Å²) >= 11 is 1.57. The van der Waals surface area contributed by atoms with Gasteiger partial charge in [-0.2, -0.15) is 0 Å². The molecule has 4 nitrogen and oxygen atoms in total. The van der Waals surface area contributed by atoms with Gasteiger partial charge in [-0.1, -0.05) is 6.92 Å². The van der Waals surface area contributed by atoms with Crippen LogP contribution in [0.25, 0.3) is 0 Å². The van der Waals surface area contributed by atoms with Crippen LogP contribution in [0.3, 0.4) is 0 Å². The van der Waals surface area contributed by atoms with E-state index >= 15 is 0 Å². The Bertz CT molecular complexity index is 490. The average molecular weight is 325 g/mol. The van der Waals surface area contributed by atoms with Crippen molar-refractivity contribution >= 4 is 28.2 Å². The van der Waals surface area contributed by atoms with Crippen molar-refractivity contribution in [2.75, 3.05) is 18.0 Å². The van der Waals surface area contributed by atoms with Gasteiger partial charge in [0.15, 0.2) is 0 Å². The van der Waals surface area contributed by atoms with Crippen LogP contribution in [0.2, 0.25) is 0 Å². The summed E-state index contributed by atoms with van der Waals surface area (Å²) in [5.74, 6) is 0.803. The zero-order chi connectivity index (χ0) is 16.5. The van der Waals surface area contributed by atoms with Crippen molar-refractivity contribution < 1.29 is 14.8 Å². The standard InChI is InChI=1S/C16H28BNO3S/c1-12-8-10-18(11-9-12)14-7-6-13(22-14)17(20)21-16(4,5)15(2,3)19/h6-7,12,19-20H,8-11H2,1-5H3. The normalized spacial score (nSPS) is 17.9. The second kappa shape index (κ2) is 6.52. The van der Waals surface area contributed by atoms with Crippen molar-refractivity contribution in [3.63, 3.8) is 0 Å². The van der Waals surface area contributed by atoms with E-state index in [9.17, 15) is 10.1 Å². The van der Waals surface area contributed by atoms with Gasteiger partial charge in [-0.15, -0.1) is 11.3 Å². The van der Waals surface area contributed by atoms with E-state index in [1.807, 2.05) is 6.07 Å². The molecule has 2 N–H and O–H groups in total. The van der Waals surface area contributed by atoms with E-state index in [2.05, 4.69) is 17.9 Å². The molecule has 1 aromatic rings. The van der Waals surface area contributed by atoms with Gasteiger partial charge in [-0.05, 0) is 58.6 Å². The molecule has 0 aromatic carbocycles. The topological polar surface area (TPSA) is 52.9 Å². The lowest BCUT2D eigenvalue weighted by Gasteiger charge is -2.38. The lowest BCUT2D eigenvalue weighted by molar-refractivity contribution is -0.0981. The molecule has 1 aliphatic heterocycles. The molecule has 22 heavy (non-hydrogen) atoms. The molecule has 1 aromatic heterocycles. The molecule has 0 aliphatic carbocycles. The van der Waals surface area contributed by atoms with E-state index in [0.717, 1.165) is 23.8 Å². The zero-order valence-corrected chi connectivity index (χ0v) is 15.1. The van der Waals surface area contributed by atoms with Gasteiger partial charge in [-0.3, -0.25) is 0 Å². The van der Waals surface area contributed by atoms with Crippen molar-refractivity contribution in [2.45, 2.75) is 58.7 Å². The fourth-order valence-electron chi connectivity index (χ4n) is 2.36. The van der Waals surface area contributed by atoms with Gasteiger partial charge in [0, 0.05) is 17.9 Å². The largest absolute Gasteiger partial charge is 0.502 e. The third-order valence-corrected chi connectivity index (χ3v) is 6.01. The minimum absolute atomic E-state index is 0.783. The third-order valence-electron chi connectivity index (χ3n) is 4.83. The maximum atomic E-state index is 10.3. The average Bonchev–Trinajstić information content (AvgIpc) is 2.87. The Kier molecular flexibility index (Phi) is 5.27. The summed E-state index contributed by atoms with van der Waals surface area (Å²) in [7, 11) is -1.01. The Hall–Kier alpha value is -0.555. The van der Waals surface area contributed by atoms with E-state index in [0.29, 0.717) is 0 Å². The van der Waals surface area contributed by atoms with Crippen LogP contribution in [-0.4, -0.2) is 41.5 Å². The maximum absolute atomic E-state index is 10.3. The zero-order valence-electron chi connectivity index (χ0n) is 14.3. The fraction of sp³-hybridized carbons (Fsp3) is 0.750. The molecular weight excluding hydrogens is 297 g/mol. The van der Waals surface area contributed by atoms with Crippen molar-refractivity contribution in [2.24, 2.45) is 5.92 Å². The molecule has 2 rings (SSSR count). The molecule has 1 aliphatic rings. The van der Waals surface area contributed by atoms with Crippen LogP contribution in [0, 0.1) is 5.92 Å². The van der Waals surface area contributed by atoms with Gasteiger partial charge in [-0.25, -0.2) is 0 Å². The summed E-state index contributed by atoms with van der Waals surface area (Å²) in [6.07, 6.45) is 2.44. The van der Waals surface area contributed by atoms with Gasteiger partial charge >= 0.3 is 7.12 Å². The molecule has 124 valence electrons. The second-order valence-electron chi connectivity index (χ2n) is 7.39. The molecule has 6 heteroatoms. The van der Waals surface area contributed by atoms with Crippen molar-refractivity contribution in [1.29, 1.82) is 0 Å². The molecule has 1 saturated heterocycles. The fourth-order valence-corrected chi connectivity index (χ4v) is 3.33. The van der Waals surface area contributed by atoms with Crippen molar-refractivity contribution in [3.05, 3.63) is 12.1 Å². The minimum atomic E-state index is -1.03. The molecular formula is C16H28BNO3S. The number of nitrogens with zero attached hydrogens (tertiary/aromatic N) is 1. The molecule has 2 heterocycles. The molecule has 0 saturated carbocycles. The Morgan fingerprint density at radius 1 is 1.23 bits per heavy atom. The SMILES string of the molecule is CC1CCN(c2ccc(B(O)OC(C)(C)C(C)(C)O)s2)CC1. The number of hydrogen-bond acceptors (Lipinski definition) is 5.